The standard InChI is InChI=1S/C12H22N2O/c1-9(2)12-13-7-11(15)14(12)8-10-5-3-4-6-10/h9-10,12-13H,3-8H2,1-2H3. The molecule has 86 valence electrons. The zero-order chi connectivity index (χ0) is 10.8. The van der Waals surface area contributed by atoms with Crippen LogP contribution in [0.15, 0.2) is 0 Å². The Balaban J connectivity index is 1.94. The molecule has 3 nitrogen and oxygen atoms in total. The summed E-state index contributed by atoms with van der Waals surface area (Å²) in [6.45, 7) is 5.88. The molecule has 1 heterocycles. The van der Waals surface area contributed by atoms with Gasteiger partial charge in [0.15, 0.2) is 0 Å². The van der Waals surface area contributed by atoms with Crippen LogP contribution in [0.3, 0.4) is 0 Å². The van der Waals surface area contributed by atoms with Gasteiger partial charge in [0.1, 0.15) is 0 Å². The zero-order valence-corrected chi connectivity index (χ0v) is 9.83. The first-order valence-electron chi connectivity index (χ1n) is 6.21. The maximum atomic E-state index is 11.7. The maximum absolute atomic E-state index is 11.7. The van der Waals surface area contributed by atoms with Crippen molar-refractivity contribution >= 4 is 5.91 Å². The summed E-state index contributed by atoms with van der Waals surface area (Å²) in [5.74, 6) is 1.56. The summed E-state index contributed by atoms with van der Waals surface area (Å²) >= 11 is 0. The molecule has 1 saturated heterocycles. The Kier molecular flexibility index (Phi) is 3.29. The first kappa shape index (κ1) is 10.9. The molecular weight excluding hydrogens is 188 g/mol. The van der Waals surface area contributed by atoms with Crippen LogP contribution in [0.2, 0.25) is 0 Å². The third-order valence-electron chi connectivity index (χ3n) is 3.68. The van der Waals surface area contributed by atoms with Crippen molar-refractivity contribution in [2.24, 2.45) is 11.8 Å². The van der Waals surface area contributed by atoms with E-state index in [1.807, 2.05) is 0 Å². The average Bonchev–Trinajstić information content (AvgIpc) is 2.78. The van der Waals surface area contributed by atoms with E-state index in [0.29, 0.717) is 18.4 Å². The minimum absolute atomic E-state index is 0.276. The quantitative estimate of drug-likeness (QED) is 0.767. The van der Waals surface area contributed by atoms with E-state index in [0.717, 1.165) is 12.5 Å². The number of nitrogens with zero attached hydrogens (tertiary/aromatic N) is 1. The van der Waals surface area contributed by atoms with E-state index < -0.39 is 0 Å². The van der Waals surface area contributed by atoms with Gasteiger partial charge in [-0.15, -0.1) is 0 Å². The van der Waals surface area contributed by atoms with E-state index in [1.165, 1.54) is 25.7 Å². The van der Waals surface area contributed by atoms with Crippen molar-refractivity contribution in [1.82, 2.24) is 10.2 Å². The van der Waals surface area contributed by atoms with Gasteiger partial charge in [0.25, 0.3) is 0 Å². The van der Waals surface area contributed by atoms with Gasteiger partial charge in [-0.05, 0) is 24.7 Å². The minimum atomic E-state index is 0.276. The summed E-state index contributed by atoms with van der Waals surface area (Å²) in [5.41, 5.74) is 0. The fourth-order valence-corrected chi connectivity index (χ4v) is 2.84. The van der Waals surface area contributed by atoms with Gasteiger partial charge in [0.05, 0.1) is 12.7 Å². The molecule has 2 aliphatic rings. The highest BCUT2D eigenvalue weighted by Gasteiger charge is 2.34. The summed E-state index contributed by atoms with van der Waals surface area (Å²) in [6.07, 6.45) is 5.61. The van der Waals surface area contributed by atoms with Crippen molar-refractivity contribution < 1.29 is 4.79 Å². The Morgan fingerprint density at radius 1 is 1.40 bits per heavy atom. The molecule has 0 aromatic rings. The van der Waals surface area contributed by atoms with E-state index >= 15 is 0 Å². The fraction of sp³-hybridized carbons (Fsp3) is 0.917. The molecule has 2 fully saturated rings. The lowest BCUT2D eigenvalue weighted by Crippen LogP contribution is -2.43. The van der Waals surface area contributed by atoms with Gasteiger partial charge in [0.2, 0.25) is 5.91 Å². The van der Waals surface area contributed by atoms with Gasteiger partial charge in [-0.3, -0.25) is 10.1 Å². The second-order valence-corrected chi connectivity index (χ2v) is 5.27. The van der Waals surface area contributed by atoms with E-state index in [2.05, 4.69) is 24.1 Å². The Morgan fingerprint density at radius 2 is 2.07 bits per heavy atom. The second kappa shape index (κ2) is 4.52. The van der Waals surface area contributed by atoms with Crippen LogP contribution in [-0.2, 0) is 4.79 Å². The predicted octanol–water partition coefficient (Wildman–Crippen LogP) is 1.59. The predicted molar refractivity (Wildman–Crippen MR) is 60.3 cm³/mol. The molecule has 1 atom stereocenters. The lowest BCUT2D eigenvalue weighted by molar-refractivity contribution is -0.129. The number of carbonyl (C=O) groups is 1. The first-order chi connectivity index (χ1) is 7.18. The number of nitrogens with one attached hydrogen (secondary N) is 1. The smallest absolute Gasteiger partial charge is 0.237 e. The third kappa shape index (κ3) is 2.33. The summed E-state index contributed by atoms with van der Waals surface area (Å²) < 4.78 is 0. The lowest BCUT2D eigenvalue weighted by Gasteiger charge is -2.29. The fourth-order valence-electron chi connectivity index (χ4n) is 2.84. The SMILES string of the molecule is CC(C)C1NCC(=O)N1CC1CCCC1. The van der Waals surface area contributed by atoms with Crippen LogP contribution >= 0.6 is 0 Å². The summed E-state index contributed by atoms with van der Waals surface area (Å²) in [4.78, 5) is 13.8. The molecule has 1 saturated carbocycles. The van der Waals surface area contributed by atoms with Crippen molar-refractivity contribution in [1.29, 1.82) is 0 Å². The van der Waals surface area contributed by atoms with Crippen LogP contribution < -0.4 is 5.32 Å². The van der Waals surface area contributed by atoms with Crippen molar-refractivity contribution in [3.8, 4) is 0 Å². The molecule has 0 aromatic carbocycles. The molecule has 3 heteroatoms. The molecule has 0 radical (unpaired) electrons. The number of rotatable bonds is 3. The molecule has 0 bridgehead atoms. The molecule has 1 aliphatic carbocycles. The molecule has 1 unspecified atom stereocenters. The molecule has 15 heavy (non-hydrogen) atoms. The monoisotopic (exact) mass is 210 g/mol. The molecular formula is C12H22N2O. The van der Waals surface area contributed by atoms with Gasteiger partial charge >= 0.3 is 0 Å². The lowest BCUT2D eigenvalue weighted by atomic mass is 10.1. The Labute approximate surface area is 92.2 Å². The highest BCUT2D eigenvalue weighted by molar-refractivity contribution is 5.80. The van der Waals surface area contributed by atoms with E-state index in [1.54, 1.807) is 0 Å². The topological polar surface area (TPSA) is 32.3 Å². The number of hydrogen-bond donors (Lipinski definition) is 1. The van der Waals surface area contributed by atoms with Crippen molar-refractivity contribution in [3.63, 3.8) is 0 Å². The second-order valence-electron chi connectivity index (χ2n) is 5.27. The van der Waals surface area contributed by atoms with Crippen LogP contribution in [0.25, 0.3) is 0 Å². The number of hydrogen-bond acceptors (Lipinski definition) is 2. The largest absolute Gasteiger partial charge is 0.326 e. The highest BCUT2D eigenvalue weighted by atomic mass is 16.2. The van der Waals surface area contributed by atoms with Gasteiger partial charge in [-0.25, -0.2) is 0 Å². The molecule has 1 amide bonds. The molecule has 2 rings (SSSR count). The van der Waals surface area contributed by atoms with E-state index in [4.69, 9.17) is 0 Å². The van der Waals surface area contributed by atoms with E-state index in [-0.39, 0.29) is 6.17 Å². The van der Waals surface area contributed by atoms with Crippen LogP contribution in [0.4, 0.5) is 0 Å². The Bertz CT molecular complexity index is 234. The number of carbonyl (C=O) groups excluding carboxylic acids is 1. The van der Waals surface area contributed by atoms with Crippen molar-refractivity contribution in [2.45, 2.75) is 45.7 Å². The Morgan fingerprint density at radius 3 is 2.67 bits per heavy atom. The van der Waals surface area contributed by atoms with Crippen molar-refractivity contribution in [3.05, 3.63) is 0 Å². The Hall–Kier alpha value is -0.570. The van der Waals surface area contributed by atoms with Crippen LogP contribution in [-0.4, -0.2) is 30.1 Å². The highest BCUT2D eigenvalue weighted by Crippen LogP contribution is 2.27. The third-order valence-corrected chi connectivity index (χ3v) is 3.68. The van der Waals surface area contributed by atoms with Gasteiger partial charge < -0.3 is 4.90 Å². The zero-order valence-electron chi connectivity index (χ0n) is 9.83. The maximum Gasteiger partial charge on any atom is 0.237 e. The molecule has 0 spiro atoms. The van der Waals surface area contributed by atoms with Crippen LogP contribution in [0.5, 0.6) is 0 Å². The van der Waals surface area contributed by atoms with Gasteiger partial charge in [0, 0.05) is 6.54 Å². The van der Waals surface area contributed by atoms with Crippen LogP contribution in [0.1, 0.15) is 39.5 Å². The average molecular weight is 210 g/mol. The van der Waals surface area contributed by atoms with Crippen molar-refractivity contribution in [2.75, 3.05) is 13.1 Å². The summed E-state index contributed by atoms with van der Waals surface area (Å²) in [6, 6.07) is 0. The minimum Gasteiger partial charge on any atom is -0.326 e. The van der Waals surface area contributed by atoms with E-state index in [9.17, 15) is 4.79 Å². The normalized spacial score (nSPS) is 28.3. The first-order valence-corrected chi connectivity index (χ1v) is 6.21. The molecule has 1 N–H and O–H groups in total. The summed E-state index contributed by atoms with van der Waals surface area (Å²) in [5, 5.41) is 3.31. The van der Waals surface area contributed by atoms with Crippen LogP contribution in [0, 0.1) is 11.8 Å². The number of amides is 1. The van der Waals surface area contributed by atoms with Gasteiger partial charge in [-0.2, -0.15) is 0 Å². The van der Waals surface area contributed by atoms with Gasteiger partial charge in [-0.1, -0.05) is 26.7 Å². The molecule has 0 aromatic heterocycles. The molecule has 1 aliphatic heterocycles. The summed E-state index contributed by atoms with van der Waals surface area (Å²) in [7, 11) is 0.